The predicted molar refractivity (Wildman–Crippen MR) is 125 cm³/mol. The number of allylic oxidation sites excluding steroid dienone is 5. The Morgan fingerprint density at radius 3 is 2.07 bits per heavy atom. The van der Waals surface area contributed by atoms with E-state index in [1.165, 1.54) is 35.3 Å². The van der Waals surface area contributed by atoms with Crippen LogP contribution in [-0.4, -0.2) is 5.79 Å². The molecule has 2 heterocycles. The summed E-state index contributed by atoms with van der Waals surface area (Å²) in [5.74, 6) is 4.34. The van der Waals surface area contributed by atoms with E-state index in [-0.39, 0.29) is 10.8 Å². The molecule has 4 aliphatic rings. The molecule has 0 saturated heterocycles. The maximum Gasteiger partial charge on any atom is 0.252 e. The Morgan fingerprint density at radius 1 is 0.867 bits per heavy atom. The fourth-order valence-electron chi connectivity index (χ4n) is 6.97. The molecule has 0 aromatic carbocycles. The minimum Gasteiger partial charge on any atom is -0.456 e. The molecule has 2 aliphatic heterocycles. The quantitative estimate of drug-likeness (QED) is 0.432. The van der Waals surface area contributed by atoms with E-state index in [0.717, 1.165) is 30.9 Å². The van der Waals surface area contributed by atoms with Crippen molar-refractivity contribution in [3.8, 4) is 0 Å². The molecule has 0 aromatic heterocycles. The normalized spacial score (nSPS) is 40.1. The van der Waals surface area contributed by atoms with E-state index in [1.807, 2.05) is 0 Å². The van der Waals surface area contributed by atoms with Crippen LogP contribution in [-0.2, 0) is 9.47 Å². The van der Waals surface area contributed by atoms with Crippen molar-refractivity contribution in [2.24, 2.45) is 34.5 Å². The van der Waals surface area contributed by atoms with Crippen molar-refractivity contribution in [3.05, 3.63) is 33.8 Å². The maximum absolute atomic E-state index is 7.03. The zero-order chi connectivity index (χ0) is 22.2. The zero-order valence-electron chi connectivity index (χ0n) is 21.2. The van der Waals surface area contributed by atoms with Crippen molar-refractivity contribution in [2.75, 3.05) is 0 Å². The van der Waals surface area contributed by atoms with E-state index < -0.39 is 5.79 Å². The number of ether oxygens (including phenoxy) is 2. The van der Waals surface area contributed by atoms with Crippen molar-refractivity contribution >= 4 is 0 Å². The van der Waals surface area contributed by atoms with Crippen LogP contribution in [0.5, 0.6) is 0 Å². The highest BCUT2D eigenvalue weighted by Crippen LogP contribution is 2.60. The summed E-state index contributed by atoms with van der Waals surface area (Å²) in [6, 6.07) is 0. The minimum atomic E-state index is -0.542. The van der Waals surface area contributed by atoms with Gasteiger partial charge in [0.05, 0.1) is 0 Å². The first kappa shape index (κ1) is 22.0. The van der Waals surface area contributed by atoms with Crippen molar-refractivity contribution in [2.45, 2.75) is 107 Å². The van der Waals surface area contributed by atoms with Gasteiger partial charge in [0.15, 0.2) is 0 Å². The molecule has 5 unspecified atom stereocenters. The second-order valence-corrected chi connectivity index (χ2v) is 12.3. The largest absolute Gasteiger partial charge is 0.456 e. The van der Waals surface area contributed by atoms with Crippen molar-refractivity contribution in [1.82, 2.24) is 0 Å². The first-order valence-electron chi connectivity index (χ1n) is 12.3. The van der Waals surface area contributed by atoms with Crippen LogP contribution in [0.1, 0.15) is 101 Å². The molecule has 0 radical (unpaired) electrons. The summed E-state index contributed by atoms with van der Waals surface area (Å²) < 4.78 is 14.0. The van der Waals surface area contributed by atoms with Crippen LogP contribution in [0.15, 0.2) is 33.8 Å². The molecule has 0 N–H and O–H groups in total. The average molecular weight is 413 g/mol. The van der Waals surface area contributed by atoms with Gasteiger partial charge in [0.1, 0.15) is 11.5 Å². The Bertz CT molecular complexity index is 837. The molecule has 0 fully saturated rings. The summed E-state index contributed by atoms with van der Waals surface area (Å²) in [5.41, 5.74) is 6.08. The lowest BCUT2D eigenvalue weighted by molar-refractivity contribution is -0.250. The van der Waals surface area contributed by atoms with Crippen LogP contribution in [0.3, 0.4) is 0 Å². The lowest BCUT2D eigenvalue weighted by Gasteiger charge is -2.56. The van der Waals surface area contributed by atoms with Gasteiger partial charge in [-0.3, -0.25) is 0 Å². The predicted octanol–water partition coefficient (Wildman–Crippen LogP) is 8.16. The zero-order valence-corrected chi connectivity index (χ0v) is 21.2. The molecule has 0 aromatic rings. The van der Waals surface area contributed by atoms with Gasteiger partial charge in [-0.2, -0.15) is 0 Å². The van der Waals surface area contributed by atoms with Crippen molar-refractivity contribution in [3.63, 3.8) is 0 Å². The minimum absolute atomic E-state index is 0.0907. The van der Waals surface area contributed by atoms with Crippen LogP contribution >= 0.6 is 0 Å². The Morgan fingerprint density at radius 2 is 1.47 bits per heavy atom. The molecule has 0 bridgehead atoms. The Labute approximate surface area is 185 Å². The number of hydrogen-bond donors (Lipinski definition) is 0. The Hall–Kier alpha value is -1.18. The van der Waals surface area contributed by atoms with E-state index in [0.29, 0.717) is 17.8 Å². The summed E-state index contributed by atoms with van der Waals surface area (Å²) in [5, 5.41) is 0. The lowest BCUT2D eigenvalue weighted by atomic mass is 9.61. The molecule has 2 nitrogen and oxygen atoms in total. The summed E-state index contributed by atoms with van der Waals surface area (Å²) in [6.07, 6.45) is 5.44. The van der Waals surface area contributed by atoms with Gasteiger partial charge in [0.25, 0.3) is 5.79 Å². The van der Waals surface area contributed by atoms with Crippen molar-refractivity contribution < 1.29 is 9.47 Å². The second-order valence-electron chi connectivity index (χ2n) is 12.3. The molecule has 0 amide bonds. The van der Waals surface area contributed by atoms with Crippen LogP contribution in [0.4, 0.5) is 0 Å². The molecule has 2 heteroatoms. The fraction of sp³-hybridized carbons (Fsp3) is 0.786. The van der Waals surface area contributed by atoms with Gasteiger partial charge < -0.3 is 9.47 Å². The SMILES string of the molecule is CCC1CC2=C(OC3(CC(C)(C)C4=C(O3)C(C)=C(C)C(C)C4)CC2(C)C)C(C)C1C. The molecular formula is C28H44O2. The lowest BCUT2D eigenvalue weighted by Crippen LogP contribution is -2.53. The molecule has 4 rings (SSSR count). The van der Waals surface area contributed by atoms with E-state index in [9.17, 15) is 0 Å². The molecular weight excluding hydrogens is 368 g/mol. The van der Waals surface area contributed by atoms with Gasteiger partial charge in [-0.15, -0.1) is 0 Å². The molecule has 5 atom stereocenters. The van der Waals surface area contributed by atoms with E-state index in [1.54, 1.807) is 5.57 Å². The van der Waals surface area contributed by atoms with Gasteiger partial charge >= 0.3 is 0 Å². The topological polar surface area (TPSA) is 18.5 Å². The molecule has 2 aliphatic carbocycles. The molecule has 30 heavy (non-hydrogen) atoms. The highest BCUT2D eigenvalue weighted by molar-refractivity contribution is 5.43. The third kappa shape index (κ3) is 3.19. The van der Waals surface area contributed by atoms with Crippen LogP contribution in [0, 0.1) is 34.5 Å². The summed E-state index contributed by atoms with van der Waals surface area (Å²) >= 11 is 0. The second kappa shape index (κ2) is 6.91. The molecule has 1 spiro atoms. The standard InChI is InChI=1S/C28H44O2/c1-11-21-13-23-25(20(6)18(21)4)30-28(15-27(23,9)10)14-26(7,8)22-12-16(2)17(3)19(5)24(22)29-28/h16,18,20-21H,11-15H2,1-10H3. The van der Waals surface area contributed by atoms with Gasteiger partial charge in [-0.1, -0.05) is 67.4 Å². The average Bonchev–Trinajstić information content (AvgIpc) is 2.63. The highest BCUT2D eigenvalue weighted by atomic mass is 16.7. The van der Waals surface area contributed by atoms with Crippen molar-refractivity contribution in [1.29, 1.82) is 0 Å². The Balaban J connectivity index is 1.78. The van der Waals surface area contributed by atoms with E-state index >= 15 is 0 Å². The first-order chi connectivity index (χ1) is 13.8. The molecule has 168 valence electrons. The first-order valence-corrected chi connectivity index (χ1v) is 12.3. The summed E-state index contributed by atoms with van der Waals surface area (Å²) in [4.78, 5) is 0. The van der Waals surface area contributed by atoms with E-state index in [4.69, 9.17) is 9.47 Å². The highest BCUT2D eigenvalue weighted by Gasteiger charge is 2.56. The third-order valence-electron chi connectivity index (χ3n) is 9.33. The van der Waals surface area contributed by atoms with Gasteiger partial charge in [0, 0.05) is 18.8 Å². The van der Waals surface area contributed by atoms with Crippen LogP contribution in [0.2, 0.25) is 0 Å². The third-order valence-corrected chi connectivity index (χ3v) is 9.33. The van der Waals surface area contributed by atoms with Crippen LogP contribution in [0.25, 0.3) is 0 Å². The van der Waals surface area contributed by atoms with Gasteiger partial charge in [-0.05, 0) is 72.0 Å². The number of rotatable bonds is 1. The smallest absolute Gasteiger partial charge is 0.252 e. The fourth-order valence-corrected chi connectivity index (χ4v) is 6.97. The van der Waals surface area contributed by atoms with Gasteiger partial charge in [-0.25, -0.2) is 0 Å². The maximum atomic E-state index is 7.03. The van der Waals surface area contributed by atoms with Gasteiger partial charge in [0.2, 0.25) is 0 Å². The molecule has 0 saturated carbocycles. The summed E-state index contributed by atoms with van der Waals surface area (Å²) in [6.45, 7) is 23.7. The number of hydrogen-bond acceptors (Lipinski definition) is 2. The van der Waals surface area contributed by atoms with E-state index in [2.05, 4.69) is 69.2 Å². The summed E-state index contributed by atoms with van der Waals surface area (Å²) in [7, 11) is 0. The van der Waals surface area contributed by atoms with Crippen LogP contribution < -0.4 is 0 Å². The Kier molecular flexibility index (Phi) is 5.07. The monoisotopic (exact) mass is 412 g/mol.